The second-order valence-corrected chi connectivity index (χ2v) is 23.5. The summed E-state index contributed by atoms with van der Waals surface area (Å²) in [7, 11) is 0. The predicted octanol–water partition coefficient (Wildman–Crippen LogP) is 3.76. The van der Waals surface area contributed by atoms with E-state index in [-0.39, 0.29) is 142 Å². The van der Waals surface area contributed by atoms with Crippen LogP contribution in [0.2, 0.25) is 0 Å². The summed E-state index contributed by atoms with van der Waals surface area (Å²) in [5.74, 6) is -6.39. The van der Waals surface area contributed by atoms with Crippen LogP contribution in [0.25, 0.3) is 0 Å². The van der Waals surface area contributed by atoms with E-state index in [1.165, 1.54) is 26.0 Å². The summed E-state index contributed by atoms with van der Waals surface area (Å²) in [5, 5.41) is 18.8. The first-order chi connectivity index (χ1) is 44.7. The number of ketones is 3. The largest absolute Gasteiger partial charge is 0.481 e. The van der Waals surface area contributed by atoms with Gasteiger partial charge in [-0.2, -0.15) is 0 Å². The van der Waals surface area contributed by atoms with Crippen LogP contribution < -0.4 is 38.5 Å². The van der Waals surface area contributed by atoms with Gasteiger partial charge < -0.3 is 62.5 Å². The van der Waals surface area contributed by atoms with E-state index < -0.39 is 102 Å². The molecule has 2 aliphatic heterocycles. The van der Waals surface area contributed by atoms with Gasteiger partial charge >= 0.3 is 30.0 Å². The van der Waals surface area contributed by atoms with Gasteiger partial charge in [-0.25, -0.2) is 9.59 Å². The van der Waals surface area contributed by atoms with E-state index in [4.69, 9.17) is 44.0 Å². The molecule has 10 amide bonds. The Labute approximate surface area is 560 Å². The molecule has 4 rings (SSSR count). The van der Waals surface area contributed by atoms with E-state index >= 15 is 0 Å². The van der Waals surface area contributed by atoms with Crippen molar-refractivity contribution >= 4 is 115 Å². The molecule has 2 unspecified atom stereocenters. The van der Waals surface area contributed by atoms with E-state index in [1.807, 2.05) is 13.8 Å². The van der Waals surface area contributed by atoms with Gasteiger partial charge in [0, 0.05) is 72.4 Å². The van der Waals surface area contributed by atoms with Gasteiger partial charge in [-0.3, -0.25) is 67.3 Å². The number of Topliss-reactive ketones (excluding diaryl/α,β-unsaturated/α-hetero) is 3. The lowest BCUT2D eigenvalue weighted by molar-refractivity contribution is -0.145. The fourth-order valence-electron chi connectivity index (χ4n) is 8.36. The van der Waals surface area contributed by atoms with Crippen LogP contribution in [0.3, 0.4) is 0 Å². The lowest BCUT2D eigenvalue weighted by Crippen LogP contribution is -2.50. The van der Waals surface area contributed by atoms with Crippen LogP contribution in [0.4, 0.5) is 9.59 Å². The van der Waals surface area contributed by atoms with Crippen molar-refractivity contribution in [2.45, 2.75) is 143 Å². The van der Waals surface area contributed by atoms with E-state index in [0.717, 1.165) is 20.9 Å². The Kier molecular flexibility index (Phi) is 36.4. The molecule has 0 saturated carbocycles. The maximum Gasteiger partial charge on any atom is 0.312 e. The molecule has 0 radical (unpaired) electrons. The Morgan fingerprint density at radius 3 is 1.31 bits per heavy atom. The number of carboxylic acids is 1. The smallest absolute Gasteiger partial charge is 0.312 e. The van der Waals surface area contributed by atoms with E-state index in [9.17, 15) is 67.1 Å². The molecule has 11 N–H and O–H groups in total. The van der Waals surface area contributed by atoms with Gasteiger partial charge in [0.15, 0.2) is 11.6 Å². The van der Waals surface area contributed by atoms with Crippen LogP contribution in [0, 0.1) is 17.8 Å². The summed E-state index contributed by atoms with van der Waals surface area (Å²) >= 11 is 5.98. The normalized spacial score (nSPS) is 14.9. The van der Waals surface area contributed by atoms with Gasteiger partial charge in [0.25, 0.3) is 23.6 Å². The quantitative estimate of drug-likeness (QED) is 0.0267. The number of primary amides is 2. The van der Waals surface area contributed by atoms with Crippen LogP contribution in [0.1, 0.15) is 124 Å². The molecule has 6 atom stereocenters. The zero-order valence-electron chi connectivity index (χ0n) is 55.0. The number of hydrogen-bond acceptors (Lipinski definition) is 19. The Hall–Kier alpha value is -8.06. The topological polar surface area (TPSA) is 429 Å². The number of imide groups is 2. The number of halogens is 2. The third kappa shape index (κ3) is 32.4. The summed E-state index contributed by atoms with van der Waals surface area (Å²) in [5.41, 5.74) is 18.9. The van der Waals surface area contributed by atoms with Crippen molar-refractivity contribution in [2.75, 3.05) is 52.6 Å². The maximum absolute atomic E-state index is 13.4. The van der Waals surface area contributed by atoms with Crippen LogP contribution >= 0.6 is 31.9 Å². The molecule has 0 fully saturated rings. The third-order valence-corrected chi connectivity index (χ3v) is 15.0. The average Bonchev–Trinajstić information content (AvgIpc) is 1.83. The lowest BCUT2D eigenvalue weighted by Gasteiger charge is -2.24. The second kappa shape index (κ2) is 43.7. The number of amides is 10. The Morgan fingerprint density at radius 2 is 0.968 bits per heavy atom. The summed E-state index contributed by atoms with van der Waals surface area (Å²) in [4.78, 5) is 168. The third-order valence-electron chi connectivity index (χ3n) is 13.8. The lowest BCUT2D eigenvalue weighted by atomic mass is 9.88. The van der Waals surface area contributed by atoms with E-state index in [2.05, 4.69) is 53.1 Å². The molecule has 30 heteroatoms. The number of nitrogens with two attached hydrogens (primary N) is 3. The fraction of sp³-hybridized carbons (Fsp3) is 0.524. The van der Waals surface area contributed by atoms with Gasteiger partial charge in [0.05, 0.1) is 73.0 Å². The monoisotopic (exact) mass is 1440 g/mol. The van der Waals surface area contributed by atoms with Crippen molar-refractivity contribution in [1.82, 2.24) is 31.1 Å². The number of benzene rings is 2. The minimum atomic E-state index is -0.987. The van der Waals surface area contributed by atoms with Crippen molar-refractivity contribution < 1.29 is 93.9 Å². The Balaban J connectivity index is 0.000000547. The highest BCUT2D eigenvalue weighted by atomic mass is 79.9. The molecule has 512 valence electrons. The van der Waals surface area contributed by atoms with Gasteiger partial charge in [-0.1, -0.05) is 90.1 Å². The standard InChI is InChI=1S/C32H43BrN4O9.C22H34N4O5.C9H10BrNO5/c1-4-29(41)46-19-22-9-7-21(8-10-22)16-27(39)26(6-5-12-35-32(34)44)36-30(42)24(20(2)3)17-23(38)11-14-45-15-13-37-28(40)18-25(33)31(37)43;1-4-19(28)31-13-16-9-7-15(8-10-16)12-18(27)17(6-5-11-25-22(24)30)26-21(29)20(23)14(2)3;10-6-5-7(12)11(9(6)15)2-4-16-3-1-8(13)14/h7-10,18,20,24,26H,4-6,11-17,19H2,1-3H3,(H,36,42)(H3,34,35,44);7-10,14,17,20H,4-6,11-13,23H2,1-3H3,(H,26,29)(H3,24,25,30);5H,1-4H2,(H,13,14)/t24-,26-;17-,20-;/m00./s1/i2*4T;/t4?,24-,26-;4?,17-,20-;. The highest BCUT2D eigenvalue weighted by Gasteiger charge is 2.32. The van der Waals surface area contributed by atoms with Crippen molar-refractivity contribution in [3.8, 4) is 0 Å². The molecule has 2 heterocycles. The highest BCUT2D eigenvalue weighted by Crippen LogP contribution is 2.21. The number of nitrogens with one attached hydrogen (secondary N) is 4. The number of rotatable bonds is 40. The second-order valence-electron chi connectivity index (χ2n) is 21.8. The summed E-state index contributed by atoms with van der Waals surface area (Å²) in [6.45, 7) is 11.1. The van der Waals surface area contributed by atoms with Crippen molar-refractivity contribution in [3.63, 3.8) is 0 Å². The molecule has 28 nitrogen and oxygen atoms in total. The van der Waals surface area contributed by atoms with Crippen molar-refractivity contribution in [1.29, 1.82) is 0 Å². The number of nitrogens with zero attached hydrogens (tertiary/aromatic N) is 2. The van der Waals surface area contributed by atoms with Crippen molar-refractivity contribution in [3.05, 3.63) is 91.9 Å². The van der Waals surface area contributed by atoms with Crippen molar-refractivity contribution in [2.24, 2.45) is 35.0 Å². The van der Waals surface area contributed by atoms with Gasteiger partial charge in [0.1, 0.15) is 19.0 Å². The van der Waals surface area contributed by atoms with Crippen LogP contribution in [0.15, 0.2) is 69.6 Å². The van der Waals surface area contributed by atoms with Gasteiger partial charge in [0.2, 0.25) is 11.8 Å². The highest BCUT2D eigenvalue weighted by molar-refractivity contribution is 9.12. The molecule has 0 aliphatic carbocycles. The number of carbonyl (C=O) groups is 14. The zero-order valence-corrected chi connectivity index (χ0v) is 56.2. The first kappa shape index (κ1) is 77.4. The molecule has 0 bridgehead atoms. The summed E-state index contributed by atoms with van der Waals surface area (Å²) in [6, 6.07) is 10.1. The predicted molar refractivity (Wildman–Crippen MR) is 345 cm³/mol. The van der Waals surface area contributed by atoms with Crippen LogP contribution in [0.5, 0.6) is 0 Å². The van der Waals surface area contributed by atoms with E-state index in [0.29, 0.717) is 30.4 Å². The first-order valence-electron chi connectivity index (χ1n) is 31.0. The number of carboxylic acid groups (broad SMARTS) is 1. The maximum atomic E-state index is 13.4. The number of esters is 2. The van der Waals surface area contributed by atoms with Gasteiger partial charge in [-0.15, -0.1) is 0 Å². The SMILES string of the molecule is O=C(O)CCOCCN1C(=O)C=C(Br)C1=O.[3H]C(C)C(=O)OCc1ccc(CC(=O)[C@H](CCCNC(N)=O)NC(=O)[C@@H](CC(=O)CCOCCN2C(=O)C=C(Br)C2=O)C(C)C)cc1.[3H]C(C)C(=O)OCc1ccc(CC(=O)[C@H](CCCNC(N)=O)NC(=O)[C@@H](N)C(C)C)cc1. The number of ether oxygens (including phenoxy) is 4. The minimum absolute atomic E-state index is 0.000243. The Morgan fingerprint density at radius 1 is 0.581 bits per heavy atom. The molecule has 0 saturated heterocycles. The van der Waals surface area contributed by atoms with Gasteiger partial charge in [-0.05, 0) is 91.6 Å². The molecule has 0 spiro atoms. The molecular formula is C63H87Br2N9O19. The number of aliphatic carboxylic acids is 1. The summed E-state index contributed by atoms with van der Waals surface area (Å²) < 4.78 is 35.6. The molecule has 2 aromatic rings. The van der Waals surface area contributed by atoms with Crippen LogP contribution in [-0.4, -0.2) is 168 Å². The number of hydrogen-bond donors (Lipinski definition) is 8. The summed E-state index contributed by atoms with van der Waals surface area (Å²) in [6.07, 6.45) is 1.78. The first-order valence-corrected chi connectivity index (χ1v) is 31.5. The molecule has 0 aromatic heterocycles. The minimum Gasteiger partial charge on any atom is -0.481 e. The van der Waals surface area contributed by atoms with Crippen LogP contribution in [-0.2, 0) is 103 Å². The number of carbonyl (C=O) groups excluding carboxylic acids is 13. The zero-order chi connectivity index (χ0) is 71.5. The molecule has 2 aromatic carbocycles. The fourth-order valence-corrected chi connectivity index (χ4v) is 9.18. The van der Waals surface area contributed by atoms with E-state index in [1.54, 1.807) is 62.4 Å². The number of urea groups is 2. The Bertz CT molecular complexity index is 3060. The molecule has 2 aliphatic rings. The molecular weight excluding hydrogens is 1350 g/mol. The average molecular weight is 1440 g/mol. The molecule has 93 heavy (non-hydrogen) atoms.